The molecule has 1 aliphatic rings. The van der Waals surface area contributed by atoms with Crippen LogP contribution < -0.4 is 10.6 Å². The van der Waals surface area contributed by atoms with Crippen LogP contribution in [0.3, 0.4) is 0 Å². The monoisotopic (exact) mass is 297 g/mol. The number of nitrogens with zero attached hydrogens (tertiary/aromatic N) is 1. The van der Waals surface area contributed by atoms with Crippen LogP contribution in [0.4, 0.5) is 15.8 Å². The molecule has 4 nitrogen and oxygen atoms in total. The molecule has 2 N–H and O–H groups in total. The molecule has 1 atom stereocenters. The Morgan fingerprint density at radius 1 is 1.32 bits per heavy atom. The molecule has 5 heteroatoms. The van der Waals surface area contributed by atoms with Gasteiger partial charge in [0, 0.05) is 5.69 Å². The fraction of sp³-hybridized carbons (Fsp3) is 0.176. The number of benzene rings is 1. The number of anilines is 2. The first-order valence-corrected chi connectivity index (χ1v) is 7.10. The first-order chi connectivity index (χ1) is 10.7. The molecule has 112 valence electrons. The molecule has 0 aliphatic heterocycles. The van der Waals surface area contributed by atoms with Crippen molar-refractivity contribution >= 4 is 17.3 Å². The van der Waals surface area contributed by atoms with Gasteiger partial charge < -0.3 is 10.6 Å². The molecule has 22 heavy (non-hydrogen) atoms. The number of pyridine rings is 1. The molecular weight excluding hydrogens is 281 g/mol. The molecule has 2 aromatic rings. The van der Waals surface area contributed by atoms with E-state index in [0.29, 0.717) is 0 Å². The first-order valence-electron chi connectivity index (χ1n) is 7.10. The second kappa shape index (κ2) is 5.97. The Hall–Kier alpha value is -2.69. The predicted molar refractivity (Wildman–Crippen MR) is 84.1 cm³/mol. The van der Waals surface area contributed by atoms with Crippen LogP contribution in [-0.4, -0.2) is 10.9 Å². The molecule has 1 unspecified atom stereocenters. The van der Waals surface area contributed by atoms with Gasteiger partial charge in [0.15, 0.2) is 0 Å². The molecule has 0 fully saturated rings. The maximum atomic E-state index is 12.8. The summed E-state index contributed by atoms with van der Waals surface area (Å²) in [5, 5.41) is 6.13. The molecule has 0 saturated heterocycles. The van der Waals surface area contributed by atoms with Gasteiger partial charge in [0.1, 0.15) is 0 Å². The topological polar surface area (TPSA) is 54.0 Å². The van der Waals surface area contributed by atoms with E-state index in [9.17, 15) is 9.18 Å². The Morgan fingerprint density at radius 2 is 2.14 bits per heavy atom. The molecule has 1 aromatic heterocycles. The predicted octanol–water partition coefficient (Wildman–Crippen LogP) is 3.44. The quantitative estimate of drug-likeness (QED) is 0.671. The lowest BCUT2D eigenvalue weighted by Crippen LogP contribution is -2.09. The van der Waals surface area contributed by atoms with Crippen LogP contribution in [0.15, 0.2) is 49.2 Å². The second-order valence-corrected chi connectivity index (χ2v) is 5.21. The smallest absolute Gasteiger partial charge is 0.247 e. The zero-order chi connectivity index (χ0) is 15.5. The molecular formula is C17H16FN3O. The summed E-state index contributed by atoms with van der Waals surface area (Å²) in [5.74, 6) is -0.704. The van der Waals surface area contributed by atoms with Crippen molar-refractivity contribution < 1.29 is 9.18 Å². The van der Waals surface area contributed by atoms with Crippen LogP contribution in [-0.2, 0) is 11.2 Å². The number of aromatic nitrogens is 1. The van der Waals surface area contributed by atoms with Crippen molar-refractivity contribution in [1.29, 1.82) is 0 Å². The molecule has 1 aliphatic carbocycles. The number of carbonyl (C=O) groups is 1. The second-order valence-electron chi connectivity index (χ2n) is 5.21. The zero-order valence-electron chi connectivity index (χ0n) is 12.0. The highest BCUT2D eigenvalue weighted by molar-refractivity contribution is 5.98. The van der Waals surface area contributed by atoms with Gasteiger partial charge in [0.05, 0.1) is 17.9 Å². The van der Waals surface area contributed by atoms with Gasteiger partial charge in [-0.1, -0.05) is 12.6 Å². The molecule has 0 radical (unpaired) electrons. The van der Waals surface area contributed by atoms with Crippen molar-refractivity contribution in [2.24, 2.45) is 0 Å². The first kappa shape index (κ1) is 14.3. The van der Waals surface area contributed by atoms with Crippen LogP contribution in [0.1, 0.15) is 23.6 Å². The maximum absolute atomic E-state index is 12.8. The molecule has 1 heterocycles. The van der Waals surface area contributed by atoms with Crippen LogP contribution >= 0.6 is 0 Å². The third kappa shape index (κ3) is 2.98. The summed E-state index contributed by atoms with van der Waals surface area (Å²) in [6, 6.07) is 9.07. The summed E-state index contributed by atoms with van der Waals surface area (Å²) in [6.07, 6.45) is 4.62. The molecule has 1 aromatic carbocycles. The molecule has 0 spiro atoms. The minimum atomic E-state index is -0.486. The highest BCUT2D eigenvalue weighted by atomic mass is 19.1. The summed E-state index contributed by atoms with van der Waals surface area (Å²) < 4.78 is 12.8. The molecule has 1 amide bonds. The van der Waals surface area contributed by atoms with Gasteiger partial charge in [0.25, 0.3) is 0 Å². The van der Waals surface area contributed by atoms with Gasteiger partial charge in [-0.15, -0.1) is 0 Å². The van der Waals surface area contributed by atoms with E-state index in [2.05, 4.69) is 22.2 Å². The van der Waals surface area contributed by atoms with E-state index in [1.165, 1.54) is 29.5 Å². The fourth-order valence-corrected chi connectivity index (χ4v) is 2.70. The number of fused-ring (bicyclic) bond motifs is 1. The summed E-state index contributed by atoms with van der Waals surface area (Å²) >= 11 is 0. The Bertz CT molecular complexity index is 712. The number of hydrogen-bond acceptors (Lipinski definition) is 3. The summed E-state index contributed by atoms with van der Waals surface area (Å²) in [7, 11) is 0. The number of halogens is 1. The Morgan fingerprint density at radius 3 is 2.86 bits per heavy atom. The minimum absolute atomic E-state index is 0.173. The van der Waals surface area contributed by atoms with Crippen molar-refractivity contribution in [3.05, 3.63) is 66.3 Å². The number of amides is 1. The van der Waals surface area contributed by atoms with Gasteiger partial charge in [-0.3, -0.25) is 4.79 Å². The van der Waals surface area contributed by atoms with Crippen molar-refractivity contribution in [3.63, 3.8) is 0 Å². The van der Waals surface area contributed by atoms with Gasteiger partial charge in [-0.05, 0) is 54.3 Å². The van der Waals surface area contributed by atoms with Gasteiger partial charge >= 0.3 is 0 Å². The highest BCUT2D eigenvalue weighted by Gasteiger charge is 2.22. The van der Waals surface area contributed by atoms with Gasteiger partial charge in [0.2, 0.25) is 11.9 Å². The number of hydrogen-bond donors (Lipinski definition) is 2. The van der Waals surface area contributed by atoms with E-state index in [1.807, 2.05) is 18.2 Å². The lowest BCUT2D eigenvalue weighted by molar-refractivity contribution is -0.111. The third-order valence-corrected chi connectivity index (χ3v) is 3.74. The van der Waals surface area contributed by atoms with Crippen LogP contribution in [0.2, 0.25) is 0 Å². The SMILES string of the molecule is C=CC(=O)Nc1ccc2c(c1)CCC2Nc1ccc(F)nc1. The Balaban J connectivity index is 1.75. The van der Waals surface area contributed by atoms with E-state index in [1.54, 1.807) is 6.07 Å². The summed E-state index contributed by atoms with van der Waals surface area (Å²) in [5.41, 5.74) is 3.96. The standard InChI is InChI=1S/C17H16FN3O/c1-2-17(22)21-12-4-6-14-11(9-12)3-7-15(14)20-13-5-8-16(18)19-10-13/h2,4-6,8-10,15,20H,1,3,7H2,(H,21,22). The summed E-state index contributed by atoms with van der Waals surface area (Å²) in [6.45, 7) is 3.44. The van der Waals surface area contributed by atoms with E-state index < -0.39 is 5.95 Å². The lowest BCUT2D eigenvalue weighted by atomic mass is 10.1. The highest BCUT2D eigenvalue weighted by Crippen LogP contribution is 2.35. The van der Waals surface area contributed by atoms with E-state index in [4.69, 9.17) is 0 Å². The average Bonchev–Trinajstić information content (AvgIpc) is 2.92. The average molecular weight is 297 g/mol. The van der Waals surface area contributed by atoms with Crippen molar-refractivity contribution in [2.45, 2.75) is 18.9 Å². The molecule has 0 saturated carbocycles. The zero-order valence-corrected chi connectivity index (χ0v) is 12.0. The molecule has 3 rings (SSSR count). The number of aryl methyl sites for hydroxylation is 1. The van der Waals surface area contributed by atoms with E-state index >= 15 is 0 Å². The van der Waals surface area contributed by atoms with Crippen molar-refractivity contribution in [2.75, 3.05) is 10.6 Å². The number of carbonyl (C=O) groups excluding carboxylic acids is 1. The Kier molecular flexibility index (Phi) is 3.87. The largest absolute Gasteiger partial charge is 0.377 e. The van der Waals surface area contributed by atoms with Crippen LogP contribution in [0.5, 0.6) is 0 Å². The van der Waals surface area contributed by atoms with Gasteiger partial charge in [-0.25, -0.2) is 4.98 Å². The third-order valence-electron chi connectivity index (χ3n) is 3.74. The van der Waals surface area contributed by atoms with Crippen LogP contribution in [0.25, 0.3) is 0 Å². The normalized spacial score (nSPS) is 16.0. The van der Waals surface area contributed by atoms with E-state index in [0.717, 1.165) is 24.2 Å². The van der Waals surface area contributed by atoms with Crippen molar-refractivity contribution in [3.8, 4) is 0 Å². The van der Waals surface area contributed by atoms with Crippen LogP contribution in [0, 0.1) is 5.95 Å². The van der Waals surface area contributed by atoms with E-state index in [-0.39, 0.29) is 11.9 Å². The van der Waals surface area contributed by atoms with Crippen molar-refractivity contribution in [1.82, 2.24) is 4.98 Å². The maximum Gasteiger partial charge on any atom is 0.247 e. The number of rotatable bonds is 4. The summed E-state index contributed by atoms with van der Waals surface area (Å²) in [4.78, 5) is 15.0. The van der Waals surface area contributed by atoms with Gasteiger partial charge in [-0.2, -0.15) is 4.39 Å². The minimum Gasteiger partial charge on any atom is -0.377 e. The Labute approximate surface area is 128 Å². The molecule has 0 bridgehead atoms. The lowest BCUT2D eigenvalue weighted by Gasteiger charge is -2.15. The number of nitrogens with one attached hydrogen (secondary N) is 2. The fourth-order valence-electron chi connectivity index (χ4n) is 2.70.